The van der Waals surface area contributed by atoms with Crippen molar-refractivity contribution in [3.63, 3.8) is 0 Å². The van der Waals surface area contributed by atoms with E-state index in [1.54, 1.807) is 41.6 Å². The Bertz CT molecular complexity index is 1210. The van der Waals surface area contributed by atoms with Gasteiger partial charge in [0.2, 0.25) is 11.8 Å². The van der Waals surface area contributed by atoms with E-state index in [2.05, 4.69) is 10.3 Å². The maximum Gasteiger partial charge on any atom is 0.246 e. The van der Waals surface area contributed by atoms with Gasteiger partial charge in [0.15, 0.2) is 0 Å². The highest BCUT2D eigenvalue weighted by Crippen LogP contribution is 2.32. The molecule has 2 aromatic heterocycles. The minimum absolute atomic E-state index is 0. The molecule has 0 saturated carbocycles. The summed E-state index contributed by atoms with van der Waals surface area (Å²) in [6.45, 7) is 3.32. The maximum atomic E-state index is 13.5. The number of aromatic nitrogens is 1. The van der Waals surface area contributed by atoms with Crippen LogP contribution in [0.1, 0.15) is 21.6 Å². The van der Waals surface area contributed by atoms with Gasteiger partial charge in [-0.15, -0.1) is 23.7 Å². The Hall–Kier alpha value is -2.81. The third kappa shape index (κ3) is 5.15. The molecule has 0 saturated heterocycles. The summed E-state index contributed by atoms with van der Waals surface area (Å²) in [5, 5.41) is 3.69. The Balaban J connectivity index is 0.00000289. The molecular weight excluding hydrogens is 451 g/mol. The molecule has 9 heteroatoms. The average molecular weight is 475 g/mol. The molecule has 1 aliphatic rings. The monoisotopic (exact) mass is 474 g/mol. The molecule has 0 unspecified atom stereocenters. The Kier molecular flexibility index (Phi) is 7.28. The number of likely N-dealkylation sites (N-methyl/N-ethyl adjacent to an activating group) is 2. The van der Waals surface area contributed by atoms with E-state index < -0.39 is 0 Å². The number of fused-ring (bicyclic) bond motifs is 2. The van der Waals surface area contributed by atoms with Crippen molar-refractivity contribution < 1.29 is 14.0 Å². The summed E-state index contributed by atoms with van der Waals surface area (Å²) in [5.41, 5.74) is 2.70. The number of nitrogens with one attached hydrogen (secondary N) is 1. The first kappa shape index (κ1) is 23.8. The van der Waals surface area contributed by atoms with Crippen LogP contribution in [-0.4, -0.2) is 47.2 Å². The number of anilines is 1. The lowest BCUT2D eigenvalue weighted by atomic mass is 10.1. The summed E-state index contributed by atoms with van der Waals surface area (Å²) in [6.07, 6.45) is 4.88. The second kappa shape index (κ2) is 9.77. The van der Waals surface area contributed by atoms with Gasteiger partial charge in [-0.2, -0.15) is 0 Å². The van der Waals surface area contributed by atoms with Crippen LogP contribution < -0.4 is 5.32 Å². The van der Waals surface area contributed by atoms with Crippen molar-refractivity contribution >= 4 is 57.5 Å². The Morgan fingerprint density at radius 1 is 1.34 bits per heavy atom. The number of amides is 2. The third-order valence-corrected chi connectivity index (χ3v) is 6.53. The van der Waals surface area contributed by atoms with Crippen molar-refractivity contribution in [1.82, 2.24) is 14.8 Å². The fourth-order valence-electron chi connectivity index (χ4n) is 3.60. The molecule has 0 atom stereocenters. The number of thiophene rings is 1. The molecule has 4 rings (SSSR count). The lowest BCUT2D eigenvalue weighted by molar-refractivity contribution is -0.125. The number of benzene rings is 1. The SMILES string of the molecule is Cc1c(CN(C)C(=O)/C=C/c2cnc3c(c2)CN(C)CC(=O)N3)sc2ccc(F)cc12.Cl. The van der Waals surface area contributed by atoms with Crippen LogP contribution in [0.4, 0.5) is 10.2 Å². The largest absolute Gasteiger partial charge is 0.337 e. The van der Waals surface area contributed by atoms with Crippen molar-refractivity contribution in [2.75, 3.05) is 26.0 Å². The van der Waals surface area contributed by atoms with E-state index in [0.29, 0.717) is 25.5 Å². The van der Waals surface area contributed by atoms with Crippen LogP contribution in [0, 0.1) is 12.7 Å². The van der Waals surface area contributed by atoms with Gasteiger partial charge in [0.1, 0.15) is 11.6 Å². The van der Waals surface area contributed by atoms with E-state index in [1.807, 2.05) is 24.9 Å². The normalized spacial score (nSPS) is 14.1. The zero-order chi connectivity index (χ0) is 22.1. The molecule has 6 nitrogen and oxygen atoms in total. The molecular formula is C23H24ClFN4O2S. The fraction of sp³-hybridized carbons (Fsp3) is 0.261. The zero-order valence-electron chi connectivity index (χ0n) is 18.0. The first-order valence-corrected chi connectivity index (χ1v) is 10.7. The number of pyridine rings is 1. The smallest absolute Gasteiger partial charge is 0.246 e. The number of hydrogen-bond donors (Lipinski definition) is 1. The Morgan fingerprint density at radius 2 is 2.12 bits per heavy atom. The second-order valence-electron chi connectivity index (χ2n) is 7.82. The number of carbonyl (C=O) groups excluding carboxylic acids is 2. The van der Waals surface area contributed by atoms with E-state index in [0.717, 1.165) is 31.7 Å². The van der Waals surface area contributed by atoms with E-state index in [4.69, 9.17) is 0 Å². The van der Waals surface area contributed by atoms with Gasteiger partial charge < -0.3 is 10.2 Å². The Morgan fingerprint density at radius 3 is 2.91 bits per heavy atom. The molecule has 3 heterocycles. The lowest BCUT2D eigenvalue weighted by Gasteiger charge is -2.14. The molecule has 1 aliphatic heterocycles. The number of nitrogens with zero attached hydrogens (tertiary/aromatic N) is 3. The van der Waals surface area contributed by atoms with Gasteiger partial charge >= 0.3 is 0 Å². The van der Waals surface area contributed by atoms with E-state index in [-0.39, 0.29) is 30.0 Å². The van der Waals surface area contributed by atoms with Crippen molar-refractivity contribution in [1.29, 1.82) is 0 Å². The van der Waals surface area contributed by atoms with E-state index in [9.17, 15) is 14.0 Å². The second-order valence-corrected chi connectivity index (χ2v) is 8.95. The van der Waals surface area contributed by atoms with Gasteiger partial charge in [-0.1, -0.05) is 0 Å². The highest BCUT2D eigenvalue weighted by Gasteiger charge is 2.18. The maximum absolute atomic E-state index is 13.5. The molecule has 3 aromatic rings. The first-order chi connectivity index (χ1) is 14.8. The number of aryl methyl sites for hydroxylation is 1. The summed E-state index contributed by atoms with van der Waals surface area (Å²) >= 11 is 1.58. The quantitative estimate of drug-likeness (QED) is 0.575. The molecule has 0 radical (unpaired) electrons. The summed E-state index contributed by atoms with van der Waals surface area (Å²) in [7, 11) is 3.62. The summed E-state index contributed by atoms with van der Waals surface area (Å²) in [4.78, 5) is 33.4. The fourth-order valence-corrected chi connectivity index (χ4v) is 4.84. The predicted molar refractivity (Wildman–Crippen MR) is 128 cm³/mol. The van der Waals surface area contributed by atoms with Crippen LogP contribution in [0.25, 0.3) is 16.2 Å². The third-order valence-electron chi connectivity index (χ3n) is 5.27. The van der Waals surface area contributed by atoms with Gasteiger partial charge in [0.25, 0.3) is 0 Å². The van der Waals surface area contributed by atoms with Crippen LogP contribution in [0.5, 0.6) is 0 Å². The van der Waals surface area contributed by atoms with Crippen LogP contribution in [0.3, 0.4) is 0 Å². The van der Waals surface area contributed by atoms with Crippen LogP contribution >= 0.6 is 23.7 Å². The van der Waals surface area contributed by atoms with E-state index in [1.165, 1.54) is 18.2 Å². The number of hydrogen-bond acceptors (Lipinski definition) is 5. The van der Waals surface area contributed by atoms with Crippen molar-refractivity contribution in [2.24, 2.45) is 0 Å². The summed E-state index contributed by atoms with van der Waals surface area (Å²) in [5.74, 6) is 0.0792. The summed E-state index contributed by atoms with van der Waals surface area (Å²) in [6, 6.07) is 6.70. The van der Waals surface area contributed by atoms with Gasteiger partial charge in [0.05, 0.1) is 13.1 Å². The molecule has 0 bridgehead atoms. The molecule has 1 aromatic carbocycles. The highest BCUT2D eigenvalue weighted by atomic mass is 35.5. The van der Waals surface area contributed by atoms with Crippen LogP contribution in [0.15, 0.2) is 36.5 Å². The van der Waals surface area contributed by atoms with Crippen LogP contribution in [-0.2, 0) is 22.7 Å². The number of halogens is 2. The number of rotatable bonds is 4. The molecule has 32 heavy (non-hydrogen) atoms. The molecule has 0 aliphatic carbocycles. The van der Waals surface area contributed by atoms with Gasteiger partial charge in [-0.05, 0) is 60.8 Å². The minimum atomic E-state index is -0.257. The topological polar surface area (TPSA) is 65.5 Å². The van der Waals surface area contributed by atoms with E-state index >= 15 is 0 Å². The van der Waals surface area contributed by atoms with Crippen molar-refractivity contribution in [2.45, 2.75) is 20.0 Å². The molecule has 168 valence electrons. The molecule has 0 spiro atoms. The van der Waals surface area contributed by atoms with Gasteiger partial charge in [0, 0.05) is 41.0 Å². The number of carbonyl (C=O) groups is 2. The lowest BCUT2D eigenvalue weighted by Crippen LogP contribution is -2.26. The highest BCUT2D eigenvalue weighted by molar-refractivity contribution is 7.19. The molecule has 2 amide bonds. The zero-order valence-corrected chi connectivity index (χ0v) is 19.6. The van der Waals surface area contributed by atoms with Crippen LogP contribution in [0.2, 0.25) is 0 Å². The van der Waals surface area contributed by atoms with Gasteiger partial charge in [-0.3, -0.25) is 14.5 Å². The minimum Gasteiger partial charge on any atom is -0.337 e. The summed E-state index contributed by atoms with van der Waals surface area (Å²) < 4.78 is 14.6. The average Bonchev–Trinajstić information content (AvgIpc) is 2.93. The Labute approximate surface area is 196 Å². The molecule has 1 N–H and O–H groups in total. The molecule has 0 fully saturated rings. The standard InChI is InChI=1S/C23H23FN4O2S.ClH/c1-14-18-9-17(24)5-6-19(18)31-20(14)12-28(3)22(30)7-4-15-8-16-11-27(2)13-21(29)26-23(16)25-10-15;/h4-10H,11-13H2,1-3H3,(H,25,26,29);1H/b7-4+;. The first-order valence-electron chi connectivity index (χ1n) is 9.88. The van der Waals surface area contributed by atoms with Crippen molar-refractivity contribution in [3.8, 4) is 0 Å². The van der Waals surface area contributed by atoms with Gasteiger partial charge in [-0.25, -0.2) is 9.37 Å². The predicted octanol–water partition coefficient (Wildman–Crippen LogP) is 4.22. The van der Waals surface area contributed by atoms with Crippen molar-refractivity contribution in [3.05, 3.63) is 63.9 Å².